The van der Waals surface area contributed by atoms with Crippen molar-refractivity contribution in [2.45, 2.75) is 32.3 Å². The number of carbonyl (C=O) groups excluding carboxylic acids is 2. The Labute approximate surface area is 118 Å². The highest BCUT2D eigenvalue weighted by Gasteiger charge is 2.30. The number of aryl methyl sites for hydroxylation is 1. The fourth-order valence-corrected chi connectivity index (χ4v) is 2.10. The molecular formula is C15H19NO4. The standard InChI is InChI=1S/C15H19NO4/c1-2-11-3-5-13(6-4-11)20-10-12(17)9-16-14(18)7-8-15(16)19/h3-6,12,17H,2,7-10H2,1H3. The van der Waals surface area contributed by atoms with Gasteiger partial charge in [-0.05, 0) is 24.1 Å². The maximum atomic E-state index is 11.4. The lowest BCUT2D eigenvalue weighted by Gasteiger charge is -2.18. The van der Waals surface area contributed by atoms with Gasteiger partial charge in [0.05, 0.1) is 6.54 Å². The van der Waals surface area contributed by atoms with Crippen LogP contribution in [0.3, 0.4) is 0 Å². The van der Waals surface area contributed by atoms with Crippen molar-refractivity contribution >= 4 is 11.8 Å². The summed E-state index contributed by atoms with van der Waals surface area (Å²) in [5.74, 6) is 0.225. The highest BCUT2D eigenvalue weighted by atomic mass is 16.5. The number of aliphatic hydroxyl groups is 1. The van der Waals surface area contributed by atoms with Crippen molar-refractivity contribution in [3.8, 4) is 5.75 Å². The molecule has 1 atom stereocenters. The third kappa shape index (κ3) is 3.57. The summed E-state index contributed by atoms with van der Waals surface area (Å²) in [4.78, 5) is 23.9. The van der Waals surface area contributed by atoms with E-state index in [0.29, 0.717) is 5.75 Å². The summed E-state index contributed by atoms with van der Waals surface area (Å²) < 4.78 is 5.45. The lowest BCUT2D eigenvalue weighted by molar-refractivity contribution is -0.140. The number of aliphatic hydroxyl groups excluding tert-OH is 1. The first-order valence-corrected chi connectivity index (χ1v) is 6.83. The fraction of sp³-hybridized carbons (Fsp3) is 0.467. The van der Waals surface area contributed by atoms with Crippen molar-refractivity contribution in [3.63, 3.8) is 0 Å². The number of ether oxygens (including phenoxy) is 1. The van der Waals surface area contributed by atoms with Crippen LogP contribution in [0.4, 0.5) is 0 Å². The summed E-state index contributed by atoms with van der Waals surface area (Å²) in [5.41, 5.74) is 1.21. The molecule has 20 heavy (non-hydrogen) atoms. The highest BCUT2D eigenvalue weighted by Crippen LogP contribution is 2.14. The number of rotatable bonds is 6. The molecule has 1 aromatic carbocycles. The molecule has 1 aliphatic heterocycles. The molecule has 1 fully saturated rings. The van der Waals surface area contributed by atoms with E-state index in [-0.39, 0.29) is 37.8 Å². The SMILES string of the molecule is CCc1ccc(OCC(O)CN2C(=O)CCC2=O)cc1. The van der Waals surface area contributed by atoms with Crippen LogP contribution in [0.5, 0.6) is 5.75 Å². The molecule has 1 aromatic rings. The second-order valence-electron chi connectivity index (χ2n) is 4.86. The first-order chi connectivity index (χ1) is 9.60. The van der Waals surface area contributed by atoms with Crippen molar-refractivity contribution in [2.24, 2.45) is 0 Å². The number of hydrogen-bond acceptors (Lipinski definition) is 4. The van der Waals surface area contributed by atoms with Gasteiger partial charge in [0.15, 0.2) is 0 Å². The Bertz CT molecular complexity index is 467. The molecule has 1 N–H and O–H groups in total. The summed E-state index contributed by atoms with van der Waals surface area (Å²) >= 11 is 0. The van der Waals surface area contributed by atoms with Crippen LogP contribution in [0.2, 0.25) is 0 Å². The van der Waals surface area contributed by atoms with E-state index in [0.717, 1.165) is 11.3 Å². The van der Waals surface area contributed by atoms with Crippen LogP contribution in [0, 0.1) is 0 Å². The Hall–Kier alpha value is -1.88. The number of imide groups is 1. The van der Waals surface area contributed by atoms with Crippen LogP contribution in [0.1, 0.15) is 25.3 Å². The molecule has 108 valence electrons. The van der Waals surface area contributed by atoms with Crippen LogP contribution in [0.25, 0.3) is 0 Å². The Morgan fingerprint density at radius 3 is 2.35 bits per heavy atom. The topological polar surface area (TPSA) is 66.8 Å². The third-order valence-electron chi connectivity index (χ3n) is 3.32. The molecule has 5 nitrogen and oxygen atoms in total. The second-order valence-corrected chi connectivity index (χ2v) is 4.86. The van der Waals surface area contributed by atoms with E-state index in [2.05, 4.69) is 6.92 Å². The van der Waals surface area contributed by atoms with Gasteiger partial charge < -0.3 is 9.84 Å². The Balaban J connectivity index is 1.81. The maximum Gasteiger partial charge on any atom is 0.229 e. The molecule has 1 unspecified atom stereocenters. The van der Waals surface area contributed by atoms with E-state index in [1.165, 1.54) is 5.56 Å². The largest absolute Gasteiger partial charge is 0.491 e. The highest BCUT2D eigenvalue weighted by molar-refractivity contribution is 6.01. The number of hydrogen-bond donors (Lipinski definition) is 1. The number of likely N-dealkylation sites (tertiary alicyclic amines) is 1. The van der Waals surface area contributed by atoms with Crippen molar-refractivity contribution in [3.05, 3.63) is 29.8 Å². The molecule has 0 saturated carbocycles. The van der Waals surface area contributed by atoms with Crippen molar-refractivity contribution in [1.29, 1.82) is 0 Å². The summed E-state index contributed by atoms with van der Waals surface area (Å²) in [6.07, 6.45) is 0.574. The molecule has 1 saturated heterocycles. The smallest absolute Gasteiger partial charge is 0.229 e. The minimum absolute atomic E-state index is 0.00467. The average Bonchev–Trinajstić information content (AvgIpc) is 2.77. The number of nitrogens with zero attached hydrogens (tertiary/aromatic N) is 1. The predicted octanol–water partition coefficient (Wildman–Crippen LogP) is 1.14. The summed E-state index contributed by atoms with van der Waals surface area (Å²) in [5, 5.41) is 9.84. The zero-order chi connectivity index (χ0) is 14.5. The minimum atomic E-state index is -0.869. The van der Waals surface area contributed by atoms with Gasteiger partial charge in [0.1, 0.15) is 18.5 Å². The quantitative estimate of drug-likeness (QED) is 0.792. The Kier molecular flexibility index (Phi) is 4.74. The van der Waals surface area contributed by atoms with E-state index in [1.807, 2.05) is 24.3 Å². The van der Waals surface area contributed by atoms with Gasteiger partial charge in [0.2, 0.25) is 11.8 Å². The fourth-order valence-electron chi connectivity index (χ4n) is 2.10. The van der Waals surface area contributed by atoms with Crippen LogP contribution >= 0.6 is 0 Å². The summed E-state index contributed by atoms with van der Waals surface area (Å²) in [6.45, 7) is 2.14. The molecule has 1 heterocycles. The van der Waals surface area contributed by atoms with Gasteiger partial charge in [-0.15, -0.1) is 0 Å². The van der Waals surface area contributed by atoms with E-state index in [9.17, 15) is 14.7 Å². The molecule has 5 heteroatoms. The van der Waals surface area contributed by atoms with Crippen LogP contribution < -0.4 is 4.74 Å². The zero-order valence-electron chi connectivity index (χ0n) is 11.5. The van der Waals surface area contributed by atoms with Crippen LogP contribution in [-0.2, 0) is 16.0 Å². The van der Waals surface area contributed by atoms with E-state index in [4.69, 9.17) is 4.74 Å². The molecule has 0 aliphatic carbocycles. The number of β-amino-alcohol motifs (C(OH)–C–C–N with tert-alkyl or cyclic N) is 1. The van der Waals surface area contributed by atoms with Crippen molar-refractivity contribution in [2.75, 3.05) is 13.2 Å². The molecule has 0 radical (unpaired) electrons. The van der Waals surface area contributed by atoms with Crippen LogP contribution in [-0.4, -0.2) is 41.1 Å². The van der Waals surface area contributed by atoms with Gasteiger partial charge in [-0.3, -0.25) is 14.5 Å². The van der Waals surface area contributed by atoms with Gasteiger partial charge in [-0.2, -0.15) is 0 Å². The van der Waals surface area contributed by atoms with E-state index < -0.39 is 6.10 Å². The zero-order valence-corrected chi connectivity index (χ0v) is 11.5. The summed E-state index contributed by atoms with van der Waals surface area (Å²) in [7, 11) is 0. The third-order valence-corrected chi connectivity index (χ3v) is 3.32. The second kappa shape index (κ2) is 6.52. The maximum absolute atomic E-state index is 11.4. The molecule has 2 amide bonds. The van der Waals surface area contributed by atoms with Crippen molar-refractivity contribution < 1.29 is 19.4 Å². The molecule has 1 aliphatic rings. The Morgan fingerprint density at radius 1 is 1.20 bits per heavy atom. The van der Waals surface area contributed by atoms with E-state index in [1.54, 1.807) is 0 Å². The molecular weight excluding hydrogens is 258 g/mol. The first-order valence-electron chi connectivity index (χ1n) is 6.83. The molecule has 0 bridgehead atoms. The number of carbonyl (C=O) groups is 2. The predicted molar refractivity (Wildman–Crippen MR) is 73.3 cm³/mol. The van der Waals surface area contributed by atoms with Gasteiger partial charge in [-0.1, -0.05) is 19.1 Å². The lowest BCUT2D eigenvalue weighted by atomic mass is 10.2. The number of amides is 2. The monoisotopic (exact) mass is 277 g/mol. The summed E-state index contributed by atoms with van der Waals surface area (Å²) in [6, 6.07) is 7.62. The van der Waals surface area contributed by atoms with Gasteiger partial charge in [0.25, 0.3) is 0 Å². The Morgan fingerprint density at radius 2 is 1.80 bits per heavy atom. The van der Waals surface area contributed by atoms with E-state index >= 15 is 0 Å². The normalized spacial score (nSPS) is 16.6. The number of benzene rings is 1. The first kappa shape index (κ1) is 14.5. The van der Waals surface area contributed by atoms with Gasteiger partial charge >= 0.3 is 0 Å². The van der Waals surface area contributed by atoms with Crippen molar-refractivity contribution in [1.82, 2.24) is 4.90 Å². The minimum Gasteiger partial charge on any atom is -0.491 e. The molecule has 0 spiro atoms. The van der Waals surface area contributed by atoms with Gasteiger partial charge in [0, 0.05) is 12.8 Å². The van der Waals surface area contributed by atoms with Gasteiger partial charge in [-0.25, -0.2) is 0 Å². The molecule has 2 rings (SSSR count). The lowest BCUT2D eigenvalue weighted by Crippen LogP contribution is -2.38. The van der Waals surface area contributed by atoms with Crippen LogP contribution in [0.15, 0.2) is 24.3 Å². The average molecular weight is 277 g/mol. The molecule has 0 aromatic heterocycles.